The van der Waals surface area contributed by atoms with Gasteiger partial charge in [-0.05, 0) is 25.0 Å². The lowest BCUT2D eigenvalue weighted by Crippen LogP contribution is -2.28. The summed E-state index contributed by atoms with van der Waals surface area (Å²) in [5, 5.41) is 9.82. The third-order valence-corrected chi connectivity index (χ3v) is 3.10. The minimum absolute atomic E-state index is 0.0521. The van der Waals surface area contributed by atoms with Crippen LogP contribution < -0.4 is 0 Å². The van der Waals surface area contributed by atoms with Crippen LogP contribution >= 0.6 is 0 Å². The maximum absolute atomic E-state index is 11.6. The van der Waals surface area contributed by atoms with Crippen LogP contribution in [0.1, 0.15) is 41.3 Å². The molecule has 1 N–H and O–H groups in total. The lowest BCUT2D eigenvalue weighted by molar-refractivity contribution is 0.0236. The lowest BCUT2D eigenvalue weighted by atomic mass is 9.88. The summed E-state index contributed by atoms with van der Waals surface area (Å²) in [7, 11) is 0. The Hall–Kier alpha value is -1.51. The van der Waals surface area contributed by atoms with E-state index in [4.69, 9.17) is 4.74 Å². The van der Waals surface area contributed by atoms with Gasteiger partial charge in [0, 0.05) is 5.92 Å². The number of fused-ring (bicyclic) bond motifs is 1. The van der Waals surface area contributed by atoms with Crippen molar-refractivity contribution >= 4 is 5.97 Å². The molecule has 2 atom stereocenters. The SMILES string of the molecule is Cc1ccc2c(c1O)C(=O)OC(C)C2C. The van der Waals surface area contributed by atoms with Gasteiger partial charge in [-0.2, -0.15) is 0 Å². The summed E-state index contributed by atoms with van der Waals surface area (Å²) in [6.45, 7) is 5.62. The van der Waals surface area contributed by atoms with Crippen LogP contribution in [0.2, 0.25) is 0 Å². The predicted octanol–water partition coefficient (Wildman–Crippen LogP) is 2.36. The number of hydrogen-bond acceptors (Lipinski definition) is 3. The fourth-order valence-corrected chi connectivity index (χ4v) is 1.89. The van der Waals surface area contributed by atoms with Crippen LogP contribution in [0, 0.1) is 6.92 Å². The number of esters is 1. The highest BCUT2D eigenvalue weighted by atomic mass is 16.5. The molecule has 0 bridgehead atoms. The highest BCUT2D eigenvalue weighted by Gasteiger charge is 2.32. The molecule has 0 aromatic heterocycles. The molecule has 80 valence electrons. The number of benzene rings is 1. The minimum Gasteiger partial charge on any atom is -0.507 e. The molecular formula is C12H14O3. The maximum atomic E-state index is 11.6. The van der Waals surface area contributed by atoms with E-state index in [1.807, 2.05) is 26.0 Å². The molecule has 0 spiro atoms. The zero-order valence-corrected chi connectivity index (χ0v) is 9.07. The van der Waals surface area contributed by atoms with Crippen LogP contribution in [0.4, 0.5) is 0 Å². The Morgan fingerprint density at radius 1 is 1.33 bits per heavy atom. The molecule has 0 saturated heterocycles. The van der Waals surface area contributed by atoms with E-state index < -0.39 is 5.97 Å². The van der Waals surface area contributed by atoms with Crippen molar-refractivity contribution in [2.75, 3.05) is 0 Å². The second kappa shape index (κ2) is 3.26. The molecule has 3 heteroatoms. The molecule has 0 saturated carbocycles. The van der Waals surface area contributed by atoms with Crippen LogP contribution in [0.25, 0.3) is 0 Å². The van der Waals surface area contributed by atoms with Crippen molar-refractivity contribution < 1.29 is 14.6 Å². The topological polar surface area (TPSA) is 46.5 Å². The molecule has 2 unspecified atom stereocenters. The average Bonchev–Trinajstić information content (AvgIpc) is 2.18. The van der Waals surface area contributed by atoms with Gasteiger partial charge in [0.2, 0.25) is 0 Å². The first-order valence-electron chi connectivity index (χ1n) is 5.05. The van der Waals surface area contributed by atoms with E-state index in [0.717, 1.165) is 5.56 Å². The monoisotopic (exact) mass is 206 g/mol. The van der Waals surface area contributed by atoms with Gasteiger partial charge in [0.15, 0.2) is 0 Å². The van der Waals surface area contributed by atoms with Gasteiger partial charge >= 0.3 is 5.97 Å². The first-order valence-corrected chi connectivity index (χ1v) is 5.05. The first-order chi connectivity index (χ1) is 7.02. The van der Waals surface area contributed by atoms with Crippen LogP contribution in [0.15, 0.2) is 12.1 Å². The van der Waals surface area contributed by atoms with Gasteiger partial charge in [-0.25, -0.2) is 4.79 Å². The summed E-state index contributed by atoms with van der Waals surface area (Å²) < 4.78 is 5.16. The number of phenols is 1. The molecule has 0 amide bonds. The van der Waals surface area contributed by atoms with Crippen molar-refractivity contribution in [2.24, 2.45) is 0 Å². The van der Waals surface area contributed by atoms with Crippen LogP contribution in [-0.4, -0.2) is 17.2 Å². The van der Waals surface area contributed by atoms with Crippen LogP contribution in [0.3, 0.4) is 0 Å². The average molecular weight is 206 g/mol. The van der Waals surface area contributed by atoms with Crippen LogP contribution in [-0.2, 0) is 4.74 Å². The van der Waals surface area contributed by atoms with Gasteiger partial charge < -0.3 is 9.84 Å². The Balaban J connectivity index is 2.66. The first kappa shape index (κ1) is 10.0. The number of cyclic esters (lactones) is 1. The number of phenolic OH excluding ortho intramolecular Hbond substituents is 1. The molecule has 15 heavy (non-hydrogen) atoms. The smallest absolute Gasteiger partial charge is 0.342 e. The van der Waals surface area contributed by atoms with E-state index in [1.54, 1.807) is 6.92 Å². The zero-order valence-electron chi connectivity index (χ0n) is 9.07. The molecule has 3 nitrogen and oxygen atoms in total. The van der Waals surface area contributed by atoms with Gasteiger partial charge in [-0.3, -0.25) is 0 Å². The summed E-state index contributed by atoms with van der Waals surface area (Å²) >= 11 is 0. The number of ether oxygens (including phenoxy) is 1. The molecular weight excluding hydrogens is 192 g/mol. The van der Waals surface area contributed by atoms with E-state index in [9.17, 15) is 9.90 Å². The van der Waals surface area contributed by atoms with E-state index in [0.29, 0.717) is 11.1 Å². The number of hydrogen-bond donors (Lipinski definition) is 1. The number of aryl methyl sites for hydroxylation is 1. The van der Waals surface area contributed by atoms with Gasteiger partial charge in [0.05, 0.1) is 0 Å². The maximum Gasteiger partial charge on any atom is 0.342 e. The normalized spacial score (nSPS) is 24.6. The predicted molar refractivity (Wildman–Crippen MR) is 56.1 cm³/mol. The summed E-state index contributed by atoms with van der Waals surface area (Å²) in [4.78, 5) is 11.6. The quantitative estimate of drug-likeness (QED) is 0.663. The molecule has 1 aliphatic heterocycles. The molecule has 2 rings (SSSR count). The summed E-state index contributed by atoms with van der Waals surface area (Å²) in [6.07, 6.45) is -0.132. The largest absolute Gasteiger partial charge is 0.507 e. The van der Waals surface area contributed by atoms with Crippen molar-refractivity contribution in [1.29, 1.82) is 0 Å². The number of carbonyl (C=O) groups is 1. The molecule has 1 heterocycles. The van der Waals surface area contributed by atoms with Crippen molar-refractivity contribution in [3.63, 3.8) is 0 Å². The second-order valence-corrected chi connectivity index (χ2v) is 4.09. The Morgan fingerprint density at radius 2 is 2.00 bits per heavy atom. The Labute approximate surface area is 88.7 Å². The Bertz CT molecular complexity index is 423. The third-order valence-electron chi connectivity index (χ3n) is 3.10. The lowest BCUT2D eigenvalue weighted by Gasteiger charge is -2.28. The standard InChI is InChI=1S/C12H14O3/c1-6-4-5-9-7(2)8(3)15-12(14)10(9)11(6)13/h4-5,7-8,13H,1-3H3. The summed E-state index contributed by atoms with van der Waals surface area (Å²) in [5.41, 5.74) is 1.91. The number of carbonyl (C=O) groups excluding carboxylic acids is 1. The fourth-order valence-electron chi connectivity index (χ4n) is 1.89. The number of rotatable bonds is 0. The summed E-state index contributed by atoms with van der Waals surface area (Å²) in [6, 6.07) is 3.72. The highest BCUT2D eigenvalue weighted by molar-refractivity contribution is 5.96. The minimum atomic E-state index is -0.420. The molecule has 0 fully saturated rings. The molecule has 1 aromatic rings. The second-order valence-electron chi connectivity index (χ2n) is 4.09. The third kappa shape index (κ3) is 1.39. The van der Waals surface area contributed by atoms with E-state index >= 15 is 0 Å². The van der Waals surface area contributed by atoms with Crippen molar-refractivity contribution in [3.8, 4) is 5.75 Å². The summed E-state index contributed by atoms with van der Waals surface area (Å²) in [5.74, 6) is -0.239. The van der Waals surface area contributed by atoms with Crippen molar-refractivity contribution in [1.82, 2.24) is 0 Å². The molecule has 0 radical (unpaired) electrons. The van der Waals surface area contributed by atoms with Gasteiger partial charge in [0.25, 0.3) is 0 Å². The molecule has 1 aromatic carbocycles. The van der Waals surface area contributed by atoms with Gasteiger partial charge in [-0.1, -0.05) is 19.1 Å². The van der Waals surface area contributed by atoms with Crippen molar-refractivity contribution in [3.05, 3.63) is 28.8 Å². The Kier molecular flexibility index (Phi) is 2.18. The van der Waals surface area contributed by atoms with E-state index in [1.165, 1.54) is 0 Å². The zero-order chi connectivity index (χ0) is 11.2. The van der Waals surface area contributed by atoms with Gasteiger partial charge in [0.1, 0.15) is 17.4 Å². The number of aromatic hydroxyl groups is 1. The van der Waals surface area contributed by atoms with E-state index in [-0.39, 0.29) is 17.8 Å². The van der Waals surface area contributed by atoms with Gasteiger partial charge in [-0.15, -0.1) is 0 Å². The Morgan fingerprint density at radius 3 is 2.67 bits per heavy atom. The van der Waals surface area contributed by atoms with Crippen molar-refractivity contribution in [2.45, 2.75) is 32.8 Å². The highest BCUT2D eigenvalue weighted by Crippen LogP contribution is 2.36. The van der Waals surface area contributed by atoms with E-state index in [2.05, 4.69) is 0 Å². The molecule has 0 aliphatic carbocycles. The fraction of sp³-hybridized carbons (Fsp3) is 0.417. The molecule has 1 aliphatic rings. The van der Waals surface area contributed by atoms with Crippen LogP contribution in [0.5, 0.6) is 5.75 Å².